The number of pyridine rings is 1. The van der Waals surface area contributed by atoms with Gasteiger partial charge in [0.2, 0.25) is 0 Å². The number of hydrogen-bond acceptors (Lipinski definition) is 5. The molecule has 172 valence electrons. The maximum atomic E-state index is 12.4. The second-order valence-electron chi connectivity index (χ2n) is 7.71. The lowest BCUT2D eigenvalue weighted by molar-refractivity contribution is -0.134. The van der Waals surface area contributed by atoms with Crippen LogP contribution in [0.2, 0.25) is 0 Å². The molecule has 4 N–H and O–H groups in total. The molecule has 0 unspecified atom stereocenters. The highest BCUT2D eigenvalue weighted by atomic mass is 16.5. The first-order chi connectivity index (χ1) is 15.7. The van der Waals surface area contributed by atoms with E-state index in [1.165, 1.54) is 0 Å². The summed E-state index contributed by atoms with van der Waals surface area (Å²) in [4.78, 5) is 39.8. The highest BCUT2D eigenvalue weighted by Gasteiger charge is 2.13. The van der Waals surface area contributed by atoms with Gasteiger partial charge in [-0.05, 0) is 61.6 Å². The number of carboxylic acids is 2. The second kappa shape index (κ2) is 10.0. The van der Waals surface area contributed by atoms with E-state index in [2.05, 4.69) is 20.9 Å². The van der Waals surface area contributed by atoms with Crippen LogP contribution in [0.4, 0.5) is 0 Å². The number of likely N-dealkylation sites (N-methyl/N-ethyl adjacent to an activating group) is 1. The molecule has 2 aromatic heterocycles. The predicted octanol–water partition coefficient (Wildman–Crippen LogP) is 3.12. The number of aliphatic carboxylic acids is 2. The van der Waals surface area contributed by atoms with Crippen LogP contribution in [0.5, 0.6) is 5.75 Å². The van der Waals surface area contributed by atoms with Gasteiger partial charge in [-0.2, -0.15) is 0 Å². The summed E-state index contributed by atoms with van der Waals surface area (Å²) >= 11 is 0. The van der Waals surface area contributed by atoms with Crippen LogP contribution in [0.25, 0.3) is 32.6 Å². The minimum absolute atomic E-state index is 0.0642. The summed E-state index contributed by atoms with van der Waals surface area (Å²) in [5.74, 6) is -1.67. The third-order valence-electron chi connectivity index (χ3n) is 4.97. The zero-order chi connectivity index (χ0) is 24.1. The van der Waals surface area contributed by atoms with Gasteiger partial charge in [-0.1, -0.05) is 6.07 Å². The number of benzene rings is 2. The van der Waals surface area contributed by atoms with Crippen molar-refractivity contribution in [1.82, 2.24) is 14.9 Å². The van der Waals surface area contributed by atoms with Crippen molar-refractivity contribution in [2.45, 2.75) is 6.92 Å². The fourth-order valence-corrected chi connectivity index (χ4v) is 3.42. The smallest absolute Gasteiger partial charge is 0.328 e. The molecule has 9 nitrogen and oxygen atoms in total. The van der Waals surface area contributed by atoms with Crippen LogP contribution in [-0.2, 0) is 9.59 Å². The van der Waals surface area contributed by atoms with Crippen LogP contribution < -0.4 is 10.3 Å². The third-order valence-corrected chi connectivity index (χ3v) is 4.97. The number of fused-ring (bicyclic) bond motifs is 5. The lowest BCUT2D eigenvalue weighted by atomic mass is 10.0. The van der Waals surface area contributed by atoms with Crippen LogP contribution in [0, 0.1) is 6.92 Å². The molecule has 0 radical (unpaired) electrons. The van der Waals surface area contributed by atoms with Crippen LogP contribution in [0.1, 0.15) is 5.56 Å². The van der Waals surface area contributed by atoms with Gasteiger partial charge >= 0.3 is 11.9 Å². The van der Waals surface area contributed by atoms with Crippen molar-refractivity contribution in [2.24, 2.45) is 0 Å². The zero-order valence-electron chi connectivity index (χ0n) is 18.5. The number of nitrogens with one attached hydrogen (secondary N) is 2. The van der Waals surface area contributed by atoms with E-state index in [9.17, 15) is 14.4 Å². The van der Waals surface area contributed by atoms with Gasteiger partial charge in [-0.3, -0.25) is 4.79 Å². The standard InChI is InChI=1S/C20H21N3O2.C4H4O4/c1-12-11-21-20(24)18-17-15-6-5-14(25-9-8-23(2)3)10-13(15)4-7-16(17)22-19(12)18;5-3(6)1-2-4(7)8/h4-7,10-11,22H,8-9H2,1-3H3,(H,21,24);1-2H,(H,5,6)(H,7,8)/b;2-1-. The van der Waals surface area contributed by atoms with E-state index >= 15 is 0 Å². The zero-order valence-corrected chi connectivity index (χ0v) is 18.5. The Labute approximate surface area is 188 Å². The van der Waals surface area contributed by atoms with Crippen molar-refractivity contribution in [1.29, 1.82) is 0 Å². The van der Waals surface area contributed by atoms with E-state index in [0.29, 0.717) is 18.8 Å². The fourth-order valence-electron chi connectivity index (χ4n) is 3.42. The van der Waals surface area contributed by atoms with Crippen LogP contribution in [-0.4, -0.2) is 64.3 Å². The molecule has 0 saturated carbocycles. The minimum atomic E-state index is -1.26. The summed E-state index contributed by atoms with van der Waals surface area (Å²) in [5.41, 5.74) is 2.84. The molecule has 4 aromatic rings. The van der Waals surface area contributed by atoms with Crippen molar-refractivity contribution in [3.8, 4) is 5.75 Å². The van der Waals surface area contributed by atoms with Gasteiger partial charge in [0.1, 0.15) is 12.4 Å². The molecule has 0 aliphatic carbocycles. The lowest BCUT2D eigenvalue weighted by Crippen LogP contribution is -2.19. The van der Waals surface area contributed by atoms with Gasteiger partial charge in [0.15, 0.2) is 0 Å². The molecule has 0 aliphatic heterocycles. The molecule has 33 heavy (non-hydrogen) atoms. The van der Waals surface area contributed by atoms with Crippen molar-refractivity contribution in [2.75, 3.05) is 27.2 Å². The molecule has 0 aliphatic rings. The monoisotopic (exact) mass is 451 g/mol. The van der Waals surface area contributed by atoms with Gasteiger partial charge in [-0.15, -0.1) is 0 Å². The fraction of sp³-hybridized carbons (Fsp3) is 0.208. The van der Waals surface area contributed by atoms with Gasteiger partial charge in [-0.25, -0.2) is 9.59 Å². The summed E-state index contributed by atoms with van der Waals surface area (Å²) in [7, 11) is 4.05. The predicted molar refractivity (Wildman–Crippen MR) is 127 cm³/mol. The molecular formula is C24H25N3O6. The average molecular weight is 451 g/mol. The quantitative estimate of drug-likeness (QED) is 0.331. The first-order valence-corrected chi connectivity index (χ1v) is 10.1. The topological polar surface area (TPSA) is 136 Å². The molecule has 0 atom stereocenters. The molecule has 2 aromatic carbocycles. The number of rotatable bonds is 6. The molecule has 0 fully saturated rings. The van der Waals surface area contributed by atoms with Crippen molar-refractivity contribution in [3.05, 3.63) is 64.6 Å². The summed E-state index contributed by atoms with van der Waals surface area (Å²) in [6.45, 7) is 3.51. The van der Waals surface area contributed by atoms with Crippen molar-refractivity contribution >= 4 is 44.5 Å². The summed E-state index contributed by atoms with van der Waals surface area (Å²) in [6.07, 6.45) is 2.86. The summed E-state index contributed by atoms with van der Waals surface area (Å²) < 4.78 is 5.83. The van der Waals surface area contributed by atoms with E-state index in [-0.39, 0.29) is 5.56 Å². The molecular weight excluding hydrogens is 426 g/mol. The molecule has 0 amide bonds. The van der Waals surface area contributed by atoms with Gasteiger partial charge < -0.3 is 29.8 Å². The highest BCUT2D eigenvalue weighted by molar-refractivity contribution is 6.20. The number of ether oxygens (including phenoxy) is 1. The maximum Gasteiger partial charge on any atom is 0.328 e. The number of hydrogen-bond donors (Lipinski definition) is 4. The second-order valence-corrected chi connectivity index (χ2v) is 7.71. The van der Waals surface area contributed by atoms with E-state index in [1.54, 1.807) is 6.20 Å². The van der Waals surface area contributed by atoms with Crippen LogP contribution in [0.3, 0.4) is 0 Å². The van der Waals surface area contributed by atoms with Crippen molar-refractivity contribution in [3.63, 3.8) is 0 Å². The SMILES string of the molecule is Cc1c[nH]c(=O)c2c1[nH]c1ccc3cc(OCCN(C)C)ccc3c12.O=C(O)/C=C\C(=O)O. The molecule has 9 heteroatoms. The number of carboxylic acid groups (broad SMARTS) is 2. The number of nitrogens with zero attached hydrogens (tertiary/aromatic N) is 1. The number of aromatic amines is 2. The van der Waals surface area contributed by atoms with Crippen LogP contribution in [0.15, 0.2) is 53.5 Å². The van der Waals surface area contributed by atoms with Gasteiger partial charge in [0.05, 0.1) is 10.9 Å². The Kier molecular flexibility index (Phi) is 7.14. The molecule has 2 heterocycles. The first-order valence-electron chi connectivity index (χ1n) is 10.1. The lowest BCUT2D eigenvalue weighted by Gasteiger charge is -2.11. The number of aromatic nitrogens is 2. The Hall–Kier alpha value is -4.11. The van der Waals surface area contributed by atoms with Crippen molar-refractivity contribution < 1.29 is 24.5 Å². The minimum Gasteiger partial charge on any atom is -0.492 e. The number of carbonyl (C=O) groups is 2. The maximum absolute atomic E-state index is 12.4. The van der Waals surface area contributed by atoms with E-state index < -0.39 is 11.9 Å². The average Bonchev–Trinajstić information content (AvgIpc) is 3.16. The first kappa shape index (κ1) is 23.6. The largest absolute Gasteiger partial charge is 0.492 e. The van der Waals surface area contributed by atoms with E-state index in [4.69, 9.17) is 14.9 Å². The van der Waals surface area contributed by atoms with E-state index in [0.717, 1.165) is 50.4 Å². The Morgan fingerprint density at radius 1 is 1.06 bits per heavy atom. The Bertz CT molecular complexity index is 1400. The third kappa shape index (κ3) is 5.58. The normalized spacial score (nSPS) is 11.3. The number of aryl methyl sites for hydroxylation is 1. The summed E-state index contributed by atoms with van der Waals surface area (Å²) in [6, 6.07) is 10.1. The molecule has 0 spiro atoms. The Morgan fingerprint density at radius 3 is 2.39 bits per heavy atom. The highest BCUT2D eigenvalue weighted by Crippen LogP contribution is 2.33. The summed E-state index contributed by atoms with van der Waals surface area (Å²) in [5, 5.41) is 19.4. The molecule has 4 rings (SSSR count). The van der Waals surface area contributed by atoms with Gasteiger partial charge in [0, 0.05) is 35.8 Å². The Morgan fingerprint density at radius 2 is 1.76 bits per heavy atom. The Balaban J connectivity index is 0.000000331. The van der Waals surface area contributed by atoms with Crippen LogP contribution >= 0.6 is 0 Å². The molecule has 0 saturated heterocycles. The van der Waals surface area contributed by atoms with E-state index in [1.807, 2.05) is 45.3 Å². The number of H-pyrrole nitrogens is 2. The van der Waals surface area contributed by atoms with Gasteiger partial charge in [0.25, 0.3) is 5.56 Å². The molecule has 0 bridgehead atoms.